The van der Waals surface area contributed by atoms with Gasteiger partial charge in [0.15, 0.2) is 5.82 Å². The van der Waals surface area contributed by atoms with Crippen LogP contribution in [0.3, 0.4) is 0 Å². The van der Waals surface area contributed by atoms with E-state index in [1.807, 2.05) is 6.92 Å². The molecule has 5 heterocycles. The highest BCUT2D eigenvalue weighted by Gasteiger charge is 2.31. The minimum Gasteiger partial charge on any atom is -0.349 e. The van der Waals surface area contributed by atoms with Crippen molar-refractivity contribution in [2.45, 2.75) is 19.6 Å². The number of amides is 2. The van der Waals surface area contributed by atoms with Crippen molar-refractivity contribution in [2.24, 2.45) is 0 Å². The Morgan fingerprint density at radius 3 is 2.84 bits per heavy atom. The molecule has 2 aliphatic heterocycles. The topological polar surface area (TPSA) is 100 Å². The van der Waals surface area contributed by atoms with Gasteiger partial charge in [-0.25, -0.2) is 9.37 Å². The second kappa shape index (κ2) is 7.99. The molecule has 1 atom stereocenters. The van der Waals surface area contributed by atoms with Gasteiger partial charge in [-0.2, -0.15) is 5.10 Å². The number of halogens is 1. The molecule has 32 heavy (non-hydrogen) atoms. The van der Waals surface area contributed by atoms with E-state index in [1.165, 1.54) is 12.1 Å². The van der Waals surface area contributed by atoms with E-state index in [4.69, 9.17) is 0 Å². The Kier molecular flexibility index (Phi) is 5.14. The van der Waals surface area contributed by atoms with Crippen molar-refractivity contribution >= 4 is 28.5 Å². The number of aromatic nitrogens is 4. The van der Waals surface area contributed by atoms with Crippen molar-refractivity contribution in [1.29, 1.82) is 0 Å². The summed E-state index contributed by atoms with van der Waals surface area (Å²) in [5.74, 6) is -1.51. The predicted octanol–water partition coefficient (Wildman–Crippen LogP) is 1.13. The van der Waals surface area contributed by atoms with Crippen LogP contribution < -0.4 is 10.6 Å². The van der Waals surface area contributed by atoms with E-state index < -0.39 is 17.6 Å². The van der Waals surface area contributed by atoms with E-state index in [2.05, 4.69) is 37.6 Å². The average molecular weight is 440 g/mol. The smallest absolute Gasteiger partial charge is 0.274 e. The summed E-state index contributed by atoms with van der Waals surface area (Å²) in [5.41, 5.74) is 0.942. The van der Waals surface area contributed by atoms with Crippen LogP contribution in [0.2, 0.25) is 0 Å². The van der Waals surface area contributed by atoms with Gasteiger partial charge < -0.3 is 20.1 Å². The fourth-order valence-electron chi connectivity index (χ4n) is 4.22. The molecule has 0 aliphatic carbocycles. The highest BCUT2D eigenvalue weighted by Crippen LogP contribution is 2.29. The maximum Gasteiger partial charge on any atom is 0.274 e. The van der Waals surface area contributed by atoms with E-state index >= 15 is 0 Å². The summed E-state index contributed by atoms with van der Waals surface area (Å²) in [6.07, 6.45) is 3.37. The molecular weight excluding hydrogens is 415 g/mol. The molecule has 0 bridgehead atoms. The highest BCUT2D eigenvalue weighted by atomic mass is 19.1. The zero-order chi connectivity index (χ0) is 22.4. The van der Waals surface area contributed by atoms with Crippen molar-refractivity contribution in [3.8, 4) is 0 Å². The molecular formula is C21H25FN8O2. The SMILES string of the molecule is C[C@@H]1CNC(=O)c2c(F)c3ccc(C(=O)Nc4cnn(CN5CCN(C)CC5)c4)nc3n21. The van der Waals surface area contributed by atoms with Crippen LogP contribution in [0, 0.1) is 5.82 Å². The van der Waals surface area contributed by atoms with Crippen LogP contribution in [0.5, 0.6) is 0 Å². The first-order valence-corrected chi connectivity index (χ1v) is 10.6. The second-order valence-corrected chi connectivity index (χ2v) is 8.44. The first-order valence-electron chi connectivity index (χ1n) is 10.6. The van der Waals surface area contributed by atoms with Crippen LogP contribution in [0.25, 0.3) is 11.0 Å². The van der Waals surface area contributed by atoms with E-state index in [0.29, 0.717) is 24.5 Å². The molecule has 1 fully saturated rings. The van der Waals surface area contributed by atoms with Crippen LogP contribution in [0.4, 0.5) is 10.1 Å². The first kappa shape index (κ1) is 20.6. The van der Waals surface area contributed by atoms with Gasteiger partial charge in [-0.15, -0.1) is 0 Å². The summed E-state index contributed by atoms with van der Waals surface area (Å²) in [6, 6.07) is 2.78. The van der Waals surface area contributed by atoms with Gasteiger partial charge in [-0.3, -0.25) is 19.2 Å². The molecule has 2 amide bonds. The van der Waals surface area contributed by atoms with Gasteiger partial charge >= 0.3 is 0 Å². The van der Waals surface area contributed by atoms with Gasteiger partial charge in [-0.05, 0) is 26.1 Å². The van der Waals surface area contributed by atoms with Crippen LogP contribution in [0.1, 0.15) is 33.9 Å². The van der Waals surface area contributed by atoms with Crippen LogP contribution in [-0.4, -0.2) is 80.7 Å². The molecule has 10 nitrogen and oxygen atoms in total. The maximum absolute atomic E-state index is 14.8. The Labute approximate surface area is 184 Å². The molecule has 0 unspecified atom stereocenters. The number of likely N-dealkylation sites (N-methyl/N-ethyl adjacent to an activating group) is 1. The average Bonchev–Trinajstić information content (AvgIpc) is 3.34. The molecule has 2 aliphatic rings. The summed E-state index contributed by atoms with van der Waals surface area (Å²) in [5, 5.41) is 10.0. The van der Waals surface area contributed by atoms with E-state index in [1.54, 1.807) is 21.6 Å². The van der Waals surface area contributed by atoms with Crippen LogP contribution in [-0.2, 0) is 6.67 Å². The normalized spacial score (nSPS) is 19.7. The number of nitrogens with zero attached hydrogens (tertiary/aromatic N) is 6. The number of hydrogen-bond donors (Lipinski definition) is 2. The second-order valence-electron chi connectivity index (χ2n) is 8.44. The third-order valence-electron chi connectivity index (χ3n) is 6.07. The molecule has 5 rings (SSSR count). The third-order valence-corrected chi connectivity index (χ3v) is 6.07. The Hall–Kier alpha value is -3.31. The maximum atomic E-state index is 14.8. The Morgan fingerprint density at radius 2 is 2.06 bits per heavy atom. The molecule has 1 saturated heterocycles. The minimum absolute atomic E-state index is 0.0472. The summed E-state index contributed by atoms with van der Waals surface area (Å²) in [7, 11) is 2.11. The number of piperazine rings is 1. The molecule has 11 heteroatoms. The minimum atomic E-state index is -0.617. The number of anilines is 1. The van der Waals surface area contributed by atoms with Gasteiger partial charge in [0.05, 0.1) is 36.2 Å². The Morgan fingerprint density at radius 1 is 1.28 bits per heavy atom. The molecule has 0 aromatic carbocycles. The van der Waals surface area contributed by atoms with Gasteiger partial charge in [0.1, 0.15) is 17.0 Å². The van der Waals surface area contributed by atoms with E-state index in [0.717, 1.165) is 26.2 Å². The number of pyridine rings is 1. The van der Waals surface area contributed by atoms with Gasteiger partial charge in [0, 0.05) is 32.7 Å². The number of carbonyl (C=O) groups is 2. The van der Waals surface area contributed by atoms with E-state index in [9.17, 15) is 14.0 Å². The summed E-state index contributed by atoms with van der Waals surface area (Å²) in [6.45, 7) is 6.87. The first-order chi connectivity index (χ1) is 15.4. The fraction of sp³-hybridized carbons (Fsp3) is 0.429. The quantitative estimate of drug-likeness (QED) is 0.631. The standard InChI is InChI=1S/C21H25FN8O2/c1-13-9-23-21(32)18-17(22)15-3-4-16(26-19(15)30(13)18)20(31)25-14-10-24-29(11-14)12-28-7-5-27(2)6-8-28/h3-4,10-11,13H,5-9,12H2,1-2H3,(H,23,32)(H,25,31)/t13-/m1/s1. The number of rotatable bonds is 4. The number of carbonyl (C=O) groups excluding carboxylic acids is 2. The lowest BCUT2D eigenvalue weighted by molar-refractivity contribution is 0.0913. The molecule has 0 spiro atoms. The van der Waals surface area contributed by atoms with Gasteiger partial charge in [0.25, 0.3) is 11.8 Å². The zero-order valence-corrected chi connectivity index (χ0v) is 18.0. The fourth-order valence-corrected chi connectivity index (χ4v) is 4.22. The van der Waals surface area contributed by atoms with Crippen molar-refractivity contribution in [3.05, 3.63) is 41.7 Å². The van der Waals surface area contributed by atoms with E-state index in [-0.39, 0.29) is 22.8 Å². The summed E-state index contributed by atoms with van der Waals surface area (Å²) in [4.78, 5) is 33.9. The largest absolute Gasteiger partial charge is 0.349 e. The van der Waals surface area contributed by atoms with Gasteiger partial charge in [0.2, 0.25) is 0 Å². The zero-order valence-electron chi connectivity index (χ0n) is 18.0. The monoisotopic (exact) mass is 440 g/mol. The number of fused-ring (bicyclic) bond motifs is 3. The predicted molar refractivity (Wildman–Crippen MR) is 116 cm³/mol. The van der Waals surface area contributed by atoms with Crippen LogP contribution >= 0.6 is 0 Å². The van der Waals surface area contributed by atoms with Crippen molar-refractivity contribution in [2.75, 3.05) is 45.1 Å². The number of nitrogens with one attached hydrogen (secondary N) is 2. The summed E-state index contributed by atoms with van der Waals surface area (Å²) >= 11 is 0. The molecule has 0 saturated carbocycles. The molecule has 168 valence electrons. The van der Waals surface area contributed by atoms with Crippen molar-refractivity contribution in [3.63, 3.8) is 0 Å². The molecule has 0 radical (unpaired) electrons. The molecule has 2 N–H and O–H groups in total. The lowest BCUT2D eigenvalue weighted by Gasteiger charge is -2.32. The van der Waals surface area contributed by atoms with Crippen molar-refractivity contribution < 1.29 is 14.0 Å². The molecule has 3 aromatic rings. The summed E-state index contributed by atoms with van der Waals surface area (Å²) < 4.78 is 18.1. The highest BCUT2D eigenvalue weighted by molar-refractivity contribution is 6.05. The lowest BCUT2D eigenvalue weighted by atomic mass is 10.2. The number of hydrogen-bond acceptors (Lipinski definition) is 6. The Bertz CT molecular complexity index is 1190. The lowest BCUT2D eigenvalue weighted by Crippen LogP contribution is -2.44. The molecule has 3 aromatic heterocycles. The third kappa shape index (κ3) is 3.63. The Balaban J connectivity index is 1.34. The van der Waals surface area contributed by atoms with Crippen LogP contribution in [0.15, 0.2) is 24.5 Å². The van der Waals surface area contributed by atoms with Gasteiger partial charge in [-0.1, -0.05) is 0 Å². The van der Waals surface area contributed by atoms with Crippen molar-refractivity contribution in [1.82, 2.24) is 34.4 Å².